The van der Waals surface area contributed by atoms with E-state index in [9.17, 15) is 13.6 Å². The van der Waals surface area contributed by atoms with Gasteiger partial charge in [0.25, 0.3) is 0 Å². The maximum Gasteiger partial charge on any atom is 0.387 e. The minimum Gasteiger partial charge on any atom is -0.435 e. The molecule has 0 atom stereocenters. The van der Waals surface area contributed by atoms with Crippen molar-refractivity contribution in [2.24, 2.45) is 0 Å². The van der Waals surface area contributed by atoms with Crippen molar-refractivity contribution in [3.05, 3.63) is 51.2 Å². The van der Waals surface area contributed by atoms with Crippen LogP contribution in [0.2, 0.25) is 5.02 Å². The van der Waals surface area contributed by atoms with Crippen molar-refractivity contribution in [1.82, 2.24) is 0 Å². The van der Waals surface area contributed by atoms with E-state index in [1.807, 2.05) is 0 Å². The fourth-order valence-electron chi connectivity index (χ4n) is 1.40. The Balaban J connectivity index is 2.29. The Morgan fingerprint density at radius 2 is 2.11 bits per heavy atom. The number of hydrogen-bond acceptors (Lipinski definition) is 3. The first-order valence-corrected chi connectivity index (χ1v) is 6.16. The largest absolute Gasteiger partial charge is 0.435 e. The number of halogens is 3. The lowest BCUT2D eigenvalue weighted by Gasteiger charge is -2.05. The van der Waals surface area contributed by atoms with Crippen LogP contribution in [-0.2, 0) is 0 Å². The summed E-state index contributed by atoms with van der Waals surface area (Å²) in [6.45, 7) is -2.92. The molecule has 2 aromatic rings. The number of benzene rings is 1. The van der Waals surface area contributed by atoms with Crippen LogP contribution in [0.1, 0.15) is 15.2 Å². The van der Waals surface area contributed by atoms with Crippen LogP contribution in [0.5, 0.6) is 5.75 Å². The number of thiophene rings is 1. The van der Waals surface area contributed by atoms with E-state index in [1.54, 1.807) is 11.4 Å². The van der Waals surface area contributed by atoms with Crippen LogP contribution in [0, 0.1) is 0 Å². The van der Waals surface area contributed by atoms with Gasteiger partial charge in [0.15, 0.2) is 0 Å². The Morgan fingerprint density at radius 1 is 1.33 bits per heavy atom. The van der Waals surface area contributed by atoms with E-state index in [4.69, 9.17) is 11.6 Å². The highest BCUT2D eigenvalue weighted by molar-refractivity contribution is 7.13. The van der Waals surface area contributed by atoms with Crippen LogP contribution < -0.4 is 4.74 Å². The van der Waals surface area contributed by atoms with Gasteiger partial charge in [-0.25, -0.2) is 0 Å². The predicted molar refractivity (Wildman–Crippen MR) is 65.8 cm³/mol. The number of ketones is 1. The summed E-state index contributed by atoms with van der Waals surface area (Å²) in [5, 5.41) is 2.04. The number of hydrogen-bond donors (Lipinski definition) is 0. The molecule has 2 rings (SSSR count). The van der Waals surface area contributed by atoms with Crippen LogP contribution in [0.3, 0.4) is 0 Å². The van der Waals surface area contributed by atoms with Crippen molar-refractivity contribution < 1.29 is 18.3 Å². The Bertz CT molecular complexity index is 569. The number of alkyl halides is 2. The SMILES string of the molecule is O=C(c1cccc(OC(F)F)c1)c1sccc1Cl. The van der Waals surface area contributed by atoms with Gasteiger partial charge in [-0.1, -0.05) is 23.7 Å². The zero-order chi connectivity index (χ0) is 13.1. The molecule has 0 N–H and O–H groups in total. The lowest BCUT2D eigenvalue weighted by atomic mass is 10.1. The maximum absolute atomic E-state index is 12.1. The highest BCUT2D eigenvalue weighted by Gasteiger charge is 2.15. The first-order valence-electron chi connectivity index (χ1n) is 4.90. The Labute approximate surface area is 111 Å². The molecule has 0 aliphatic carbocycles. The van der Waals surface area contributed by atoms with Gasteiger partial charge in [0.05, 0.1) is 9.90 Å². The van der Waals surface area contributed by atoms with Gasteiger partial charge in [-0.3, -0.25) is 4.79 Å². The molecule has 0 radical (unpaired) electrons. The number of ether oxygens (including phenoxy) is 1. The van der Waals surface area contributed by atoms with E-state index < -0.39 is 6.61 Å². The summed E-state index contributed by atoms with van der Waals surface area (Å²) in [5.41, 5.74) is 0.262. The zero-order valence-corrected chi connectivity index (χ0v) is 10.5. The molecule has 0 unspecified atom stereocenters. The molecule has 0 amide bonds. The standard InChI is InChI=1S/C12H7ClF2O2S/c13-9-4-5-18-11(9)10(16)7-2-1-3-8(6-7)17-12(14)15/h1-6,12H. The summed E-state index contributed by atoms with van der Waals surface area (Å²) in [6, 6.07) is 7.24. The lowest BCUT2D eigenvalue weighted by molar-refractivity contribution is -0.0498. The summed E-state index contributed by atoms with van der Waals surface area (Å²) in [6.07, 6.45) is 0. The molecule has 0 spiro atoms. The van der Waals surface area contributed by atoms with Gasteiger partial charge in [-0.05, 0) is 23.6 Å². The second-order valence-corrected chi connectivity index (χ2v) is 4.66. The normalized spacial score (nSPS) is 10.7. The van der Waals surface area contributed by atoms with Crippen LogP contribution >= 0.6 is 22.9 Å². The van der Waals surface area contributed by atoms with E-state index >= 15 is 0 Å². The van der Waals surface area contributed by atoms with Crippen molar-refractivity contribution in [3.63, 3.8) is 0 Å². The Morgan fingerprint density at radius 3 is 2.72 bits per heavy atom. The average molecular weight is 289 g/mol. The molecular weight excluding hydrogens is 282 g/mol. The van der Waals surface area contributed by atoms with Crippen molar-refractivity contribution in [2.45, 2.75) is 6.61 Å². The third-order valence-electron chi connectivity index (χ3n) is 2.14. The van der Waals surface area contributed by atoms with Crippen molar-refractivity contribution in [1.29, 1.82) is 0 Å². The molecule has 1 heterocycles. The molecule has 1 aromatic carbocycles. The fraction of sp³-hybridized carbons (Fsp3) is 0.0833. The minimum atomic E-state index is -2.92. The number of rotatable bonds is 4. The quantitative estimate of drug-likeness (QED) is 0.787. The molecule has 0 saturated carbocycles. The molecule has 0 fully saturated rings. The summed E-state index contributed by atoms with van der Waals surface area (Å²) in [4.78, 5) is 12.4. The fourth-order valence-corrected chi connectivity index (χ4v) is 2.50. The van der Waals surface area contributed by atoms with Crippen LogP contribution in [0.4, 0.5) is 8.78 Å². The molecule has 2 nitrogen and oxygen atoms in total. The van der Waals surface area contributed by atoms with Gasteiger partial charge in [0.1, 0.15) is 5.75 Å². The molecule has 18 heavy (non-hydrogen) atoms. The summed E-state index contributed by atoms with van der Waals surface area (Å²) in [5.74, 6) is -0.363. The summed E-state index contributed by atoms with van der Waals surface area (Å²) in [7, 11) is 0. The molecule has 94 valence electrons. The van der Waals surface area contributed by atoms with Crippen molar-refractivity contribution in [3.8, 4) is 5.75 Å². The van der Waals surface area contributed by atoms with E-state index in [2.05, 4.69) is 4.74 Å². The first kappa shape index (κ1) is 13.0. The minimum absolute atomic E-state index is 0.0523. The van der Waals surface area contributed by atoms with E-state index in [1.165, 1.54) is 35.6 Å². The van der Waals surface area contributed by atoms with E-state index in [0.717, 1.165) is 0 Å². The van der Waals surface area contributed by atoms with Crippen molar-refractivity contribution >= 4 is 28.7 Å². The third-order valence-corrected chi connectivity index (χ3v) is 3.49. The molecule has 0 bridgehead atoms. The van der Waals surface area contributed by atoms with Crippen LogP contribution in [0.25, 0.3) is 0 Å². The molecule has 0 aliphatic rings. The van der Waals surface area contributed by atoms with Gasteiger partial charge in [0, 0.05) is 5.56 Å². The Kier molecular flexibility index (Phi) is 3.93. The second kappa shape index (κ2) is 5.46. The van der Waals surface area contributed by atoms with E-state index in [-0.39, 0.29) is 17.1 Å². The van der Waals surface area contributed by atoms with Gasteiger partial charge in [-0.15, -0.1) is 11.3 Å². The average Bonchev–Trinajstić information content (AvgIpc) is 2.74. The maximum atomic E-state index is 12.1. The lowest BCUT2D eigenvalue weighted by Crippen LogP contribution is -2.04. The smallest absolute Gasteiger partial charge is 0.387 e. The van der Waals surface area contributed by atoms with Crippen LogP contribution in [0.15, 0.2) is 35.7 Å². The Hall–Kier alpha value is -1.46. The van der Waals surface area contributed by atoms with Gasteiger partial charge < -0.3 is 4.74 Å². The molecular formula is C12H7ClF2O2S. The molecule has 1 aromatic heterocycles. The first-order chi connectivity index (χ1) is 8.58. The van der Waals surface area contributed by atoms with E-state index in [0.29, 0.717) is 9.90 Å². The van der Waals surface area contributed by atoms with Gasteiger partial charge in [-0.2, -0.15) is 8.78 Å². The number of carbonyl (C=O) groups is 1. The van der Waals surface area contributed by atoms with Crippen molar-refractivity contribution in [2.75, 3.05) is 0 Å². The zero-order valence-electron chi connectivity index (χ0n) is 8.90. The van der Waals surface area contributed by atoms with Gasteiger partial charge >= 0.3 is 6.61 Å². The highest BCUT2D eigenvalue weighted by Crippen LogP contribution is 2.26. The highest BCUT2D eigenvalue weighted by atomic mass is 35.5. The molecule has 6 heteroatoms. The summed E-state index contributed by atoms with van der Waals surface area (Å²) < 4.78 is 28.4. The number of carbonyl (C=O) groups excluding carboxylic acids is 1. The predicted octanol–water partition coefficient (Wildman–Crippen LogP) is 4.23. The third kappa shape index (κ3) is 2.86. The van der Waals surface area contributed by atoms with Gasteiger partial charge in [0.2, 0.25) is 5.78 Å². The second-order valence-electron chi connectivity index (χ2n) is 3.33. The molecule has 0 aliphatic heterocycles. The molecule has 0 saturated heterocycles. The monoisotopic (exact) mass is 288 g/mol. The summed E-state index contributed by atoms with van der Waals surface area (Å²) >= 11 is 7.05. The van der Waals surface area contributed by atoms with Crippen LogP contribution in [-0.4, -0.2) is 12.4 Å². The topological polar surface area (TPSA) is 26.3 Å².